The van der Waals surface area contributed by atoms with Crippen LogP contribution in [-0.2, 0) is 0 Å². The Hall–Kier alpha value is 1.17. The maximum absolute atomic E-state index is 3.57. The molecule has 0 aromatic carbocycles. The van der Waals surface area contributed by atoms with Crippen LogP contribution in [-0.4, -0.2) is 32.3 Å². The van der Waals surface area contributed by atoms with E-state index in [0.29, 0.717) is 0 Å². The van der Waals surface area contributed by atoms with Gasteiger partial charge in [-0.05, 0) is 16.1 Å². The van der Waals surface area contributed by atoms with Crippen molar-refractivity contribution in [2.45, 2.75) is 91.4 Å². The van der Waals surface area contributed by atoms with Crippen molar-refractivity contribution in [3.63, 3.8) is 0 Å². The Bertz CT molecular complexity index is 532. The summed E-state index contributed by atoms with van der Waals surface area (Å²) >= 11 is 0. The van der Waals surface area contributed by atoms with Crippen LogP contribution in [0.25, 0.3) is 0 Å². The number of hydrogen-bond donors (Lipinski definition) is 0. The molecule has 0 saturated carbocycles. The van der Waals surface area contributed by atoms with Crippen LogP contribution in [0.4, 0.5) is 0 Å². The van der Waals surface area contributed by atoms with E-state index in [1.54, 1.807) is 20.8 Å². The third kappa shape index (κ3) is 8.43. The van der Waals surface area contributed by atoms with Gasteiger partial charge >= 0.3 is 0 Å². The van der Waals surface area contributed by atoms with Crippen LogP contribution in [0.2, 0.25) is 78.6 Å². The van der Waals surface area contributed by atoms with Gasteiger partial charge < -0.3 is 1.43 Å². The minimum atomic E-state index is -1.13. The van der Waals surface area contributed by atoms with E-state index in [9.17, 15) is 0 Å². The van der Waals surface area contributed by atoms with Crippen LogP contribution in [0.3, 0.4) is 0 Å². The van der Waals surface area contributed by atoms with E-state index in [2.05, 4.69) is 103 Å². The average molecular weight is 570 g/mol. The van der Waals surface area contributed by atoms with E-state index < -0.39 is 32.3 Å². The Labute approximate surface area is 208 Å². The molecule has 0 nitrogen and oxygen atoms in total. The minimum absolute atomic E-state index is 0. The number of allylic oxidation sites excluding steroid dienone is 8. The van der Waals surface area contributed by atoms with Crippen molar-refractivity contribution in [2.24, 2.45) is 0 Å². The molecule has 0 unspecified atom stereocenters. The summed E-state index contributed by atoms with van der Waals surface area (Å²) in [6.07, 6.45) is 14.1. The molecular formula is C22H43Si4Sm-3. The van der Waals surface area contributed by atoms with E-state index in [4.69, 9.17) is 0 Å². The van der Waals surface area contributed by atoms with E-state index in [1.807, 2.05) is 0 Å². The molecule has 2 aliphatic rings. The second kappa shape index (κ2) is 9.98. The Morgan fingerprint density at radius 2 is 0.815 bits per heavy atom. The van der Waals surface area contributed by atoms with Crippen molar-refractivity contribution in [1.29, 1.82) is 0 Å². The monoisotopic (exact) mass is 571 g/mol. The predicted molar refractivity (Wildman–Crippen MR) is 133 cm³/mol. The fraction of sp³-hybridized carbons (Fsp3) is 0.636. The zero-order chi connectivity index (χ0) is 20.6. The van der Waals surface area contributed by atoms with Crippen LogP contribution in [0.5, 0.6) is 0 Å². The number of rotatable bonds is 4. The zero-order valence-corrected chi connectivity index (χ0v) is 26.6. The molecule has 0 radical (unpaired) electrons. The molecule has 0 aromatic heterocycles. The van der Waals surface area contributed by atoms with Gasteiger partial charge in [-0.2, -0.15) is 12.2 Å². The van der Waals surface area contributed by atoms with E-state index in [-0.39, 0.29) is 41.8 Å². The molecule has 27 heavy (non-hydrogen) atoms. The van der Waals surface area contributed by atoms with Crippen LogP contribution >= 0.6 is 0 Å². The molecular weight excluding hydrogens is 527 g/mol. The summed E-state index contributed by atoms with van der Waals surface area (Å²) in [6.45, 7) is 29.2. The van der Waals surface area contributed by atoms with Crippen molar-refractivity contribution in [2.75, 3.05) is 0 Å². The number of hydrogen-bond acceptors (Lipinski definition) is 0. The Kier molecular flexibility index (Phi) is 10.4. The van der Waals surface area contributed by atoms with Crippen LogP contribution in [0.15, 0.2) is 32.9 Å². The molecule has 0 saturated heterocycles. The van der Waals surface area contributed by atoms with Gasteiger partial charge in [0.25, 0.3) is 0 Å². The third-order valence-electron chi connectivity index (χ3n) is 4.82. The summed E-state index contributed by atoms with van der Waals surface area (Å²) in [5.41, 5.74) is 0. The van der Waals surface area contributed by atoms with Gasteiger partial charge in [0, 0.05) is 56.5 Å². The van der Waals surface area contributed by atoms with Crippen LogP contribution < -0.4 is 0 Å². The maximum atomic E-state index is 3.57. The average Bonchev–Trinajstić information content (AvgIpc) is 3.06. The first-order valence-electron chi connectivity index (χ1n) is 10.1. The molecule has 5 heteroatoms. The fourth-order valence-corrected chi connectivity index (χ4v) is 14.3. The first-order valence-corrected chi connectivity index (χ1v) is 24.1. The van der Waals surface area contributed by atoms with E-state index >= 15 is 0 Å². The predicted octanol–water partition coefficient (Wildman–Crippen LogP) is 7.71. The quantitative estimate of drug-likeness (QED) is 0.240. The van der Waals surface area contributed by atoms with Crippen molar-refractivity contribution >= 4 is 32.3 Å². The molecule has 0 bridgehead atoms. The van der Waals surface area contributed by atoms with Gasteiger partial charge in [-0.1, -0.05) is 78.6 Å². The SMILES string of the molecule is C[Si](C)(C)C1=[C-]CC=C1[Si](C)(C)C.C[Si](C)(C)C1=[C-]CC=C1[Si](C)(C)C.[H-].[Sm]. The molecule has 0 aliphatic heterocycles. The standard InChI is InChI=1S/2C11H21Si2.Sm.H/c2*1-12(2,3)10-8-7-9-11(10)13(4,5)6;;/h2*8H,7H2,1-6H3;;/q2*-1;;-1. The molecule has 0 aromatic rings. The maximum Gasteiger partial charge on any atom is 0.0394 e. The second-order valence-electron chi connectivity index (χ2n) is 11.7. The first-order chi connectivity index (χ1) is 11.5. The summed E-state index contributed by atoms with van der Waals surface area (Å²) < 4.78 is 0. The Balaban J connectivity index is 0. The van der Waals surface area contributed by atoms with Crippen molar-refractivity contribution in [3.05, 3.63) is 45.1 Å². The van der Waals surface area contributed by atoms with Crippen molar-refractivity contribution in [3.8, 4) is 0 Å². The molecule has 2 rings (SSSR count). The summed E-state index contributed by atoms with van der Waals surface area (Å²) in [5.74, 6) is 0. The van der Waals surface area contributed by atoms with Crippen molar-refractivity contribution in [1.82, 2.24) is 0 Å². The summed E-state index contributed by atoms with van der Waals surface area (Å²) in [4.78, 5) is 0. The summed E-state index contributed by atoms with van der Waals surface area (Å²) in [5, 5.41) is 6.61. The molecule has 0 spiro atoms. The van der Waals surface area contributed by atoms with Crippen molar-refractivity contribution < 1.29 is 41.8 Å². The fourth-order valence-electron chi connectivity index (χ4n) is 3.61. The van der Waals surface area contributed by atoms with Gasteiger partial charge in [0.1, 0.15) is 0 Å². The molecule has 0 fully saturated rings. The smallest absolute Gasteiger partial charge is 0.0394 e. The molecule has 0 N–H and O–H groups in total. The molecule has 156 valence electrons. The normalized spacial score (nSPS) is 17.9. The summed E-state index contributed by atoms with van der Waals surface area (Å²) in [6, 6.07) is 0. The Morgan fingerprint density at radius 3 is 0.963 bits per heavy atom. The van der Waals surface area contributed by atoms with Gasteiger partial charge in [-0.3, -0.25) is 12.2 Å². The molecule has 0 heterocycles. The summed E-state index contributed by atoms with van der Waals surface area (Å²) in [7, 11) is -4.45. The van der Waals surface area contributed by atoms with E-state index in [1.165, 1.54) is 0 Å². The largest absolute Gasteiger partial charge is 1.00 e. The Morgan fingerprint density at radius 1 is 0.556 bits per heavy atom. The molecule has 0 atom stereocenters. The third-order valence-corrected chi connectivity index (χ3v) is 13.4. The van der Waals surface area contributed by atoms with Gasteiger partial charge in [-0.25, -0.2) is 20.8 Å². The topological polar surface area (TPSA) is 0 Å². The zero-order valence-electron chi connectivity index (χ0n) is 21.0. The minimum Gasteiger partial charge on any atom is -1.00 e. The van der Waals surface area contributed by atoms with Gasteiger partial charge in [0.05, 0.1) is 0 Å². The van der Waals surface area contributed by atoms with E-state index in [0.717, 1.165) is 12.8 Å². The van der Waals surface area contributed by atoms with Gasteiger partial charge in [-0.15, -0.1) is 12.8 Å². The van der Waals surface area contributed by atoms with Gasteiger partial charge in [0.2, 0.25) is 0 Å². The molecule has 0 amide bonds. The van der Waals surface area contributed by atoms with Gasteiger partial charge in [0.15, 0.2) is 0 Å². The first kappa shape index (κ1) is 28.2. The van der Waals surface area contributed by atoms with Crippen LogP contribution in [0, 0.1) is 52.5 Å². The second-order valence-corrected chi connectivity index (χ2v) is 31.8. The van der Waals surface area contributed by atoms with Crippen LogP contribution in [0.1, 0.15) is 14.3 Å². The molecule has 2 aliphatic carbocycles.